The van der Waals surface area contributed by atoms with Crippen LogP contribution in [0.1, 0.15) is 16.7 Å². The number of nitrogen functional groups attached to an aromatic ring is 1. The zero-order valence-corrected chi connectivity index (χ0v) is 12.0. The van der Waals surface area contributed by atoms with E-state index in [1.54, 1.807) is 0 Å². The van der Waals surface area contributed by atoms with Crippen molar-refractivity contribution in [2.24, 2.45) is 0 Å². The molecule has 0 aromatic heterocycles. The van der Waals surface area contributed by atoms with Gasteiger partial charge in [-0.05, 0) is 43.2 Å². The number of nitrogens with two attached hydrogens (primary N) is 1. The standard InChI is InChI=1S/C16H16F3NO/c1-9-6-10(2)15(14(7-9)21-3)12-5-4-11(8-13(12)20)16(17,18)19/h4-8H,20H2,1-3H3. The third-order valence-corrected chi connectivity index (χ3v) is 3.31. The van der Waals surface area contributed by atoms with Gasteiger partial charge in [0.05, 0.1) is 12.7 Å². The number of benzene rings is 2. The Morgan fingerprint density at radius 3 is 2.24 bits per heavy atom. The van der Waals surface area contributed by atoms with Gasteiger partial charge in [0, 0.05) is 16.8 Å². The number of alkyl halides is 3. The molecule has 21 heavy (non-hydrogen) atoms. The van der Waals surface area contributed by atoms with Crippen molar-refractivity contribution >= 4 is 5.69 Å². The minimum absolute atomic E-state index is 0.0788. The highest BCUT2D eigenvalue weighted by atomic mass is 19.4. The van der Waals surface area contributed by atoms with Crippen molar-refractivity contribution in [3.8, 4) is 16.9 Å². The van der Waals surface area contributed by atoms with Crippen LogP contribution in [0.5, 0.6) is 5.75 Å². The first-order valence-electron chi connectivity index (χ1n) is 6.36. The fourth-order valence-electron chi connectivity index (χ4n) is 2.40. The zero-order valence-electron chi connectivity index (χ0n) is 12.0. The summed E-state index contributed by atoms with van der Waals surface area (Å²) in [4.78, 5) is 0. The zero-order chi connectivity index (χ0) is 15.8. The minimum Gasteiger partial charge on any atom is -0.496 e. The average molecular weight is 295 g/mol. The summed E-state index contributed by atoms with van der Waals surface area (Å²) in [6, 6.07) is 7.14. The maximum absolute atomic E-state index is 12.7. The Morgan fingerprint density at radius 2 is 1.71 bits per heavy atom. The van der Waals surface area contributed by atoms with Gasteiger partial charge in [-0.25, -0.2) is 0 Å². The Hall–Kier alpha value is -2.17. The van der Waals surface area contributed by atoms with E-state index in [0.717, 1.165) is 23.3 Å². The number of hydrogen-bond acceptors (Lipinski definition) is 2. The van der Waals surface area contributed by atoms with Gasteiger partial charge in [-0.3, -0.25) is 0 Å². The lowest BCUT2D eigenvalue weighted by molar-refractivity contribution is -0.137. The summed E-state index contributed by atoms with van der Waals surface area (Å²) in [5.41, 5.74) is 8.32. The van der Waals surface area contributed by atoms with E-state index >= 15 is 0 Å². The first-order valence-corrected chi connectivity index (χ1v) is 6.36. The van der Waals surface area contributed by atoms with E-state index in [0.29, 0.717) is 16.9 Å². The second-order valence-electron chi connectivity index (χ2n) is 4.96. The van der Waals surface area contributed by atoms with Gasteiger partial charge in [0.2, 0.25) is 0 Å². The van der Waals surface area contributed by atoms with Gasteiger partial charge >= 0.3 is 6.18 Å². The predicted octanol–water partition coefficient (Wildman–Crippen LogP) is 4.58. The van der Waals surface area contributed by atoms with E-state index in [1.807, 2.05) is 26.0 Å². The number of aryl methyl sites for hydroxylation is 2. The highest BCUT2D eigenvalue weighted by Gasteiger charge is 2.31. The minimum atomic E-state index is -4.40. The lowest BCUT2D eigenvalue weighted by Crippen LogP contribution is -2.06. The van der Waals surface area contributed by atoms with Crippen LogP contribution >= 0.6 is 0 Å². The molecule has 2 rings (SSSR count). The fraction of sp³-hybridized carbons (Fsp3) is 0.250. The van der Waals surface area contributed by atoms with Crippen LogP contribution in [0.2, 0.25) is 0 Å². The molecule has 0 radical (unpaired) electrons. The molecule has 0 aliphatic heterocycles. The first-order chi connectivity index (χ1) is 9.74. The topological polar surface area (TPSA) is 35.2 Å². The first kappa shape index (κ1) is 15.2. The van der Waals surface area contributed by atoms with Crippen LogP contribution in [-0.4, -0.2) is 7.11 Å². The van der Waals surface area contributed by atoms with Crippen LogP contribution in [0, 0.1) is 13.8 Å². The molecule has 0 unspecified atom stereocenters. The summed E-state index contributed by atoms with van der Waals surface area (Å²) < 4.78 is 43.4. The molecule has 0 bridgehead atoms. The molecule has 0 fully saturated rings. The molecular formula is C16H16F3NO. The second kappa shape index (κ2) is 5.31. The van der Waals surface area contributed by atoms with Crippen molar-refractivity contribution in [2.75, 3.05) is 12.8 Å². The number of anilines is 1. The monoisotopic (exact) mass is 295 g/mol. The Labute approximate surface area is 121 Å². The van der Waals surface area contributed by atoms with Gasteiger partial charge in [-0.2, -0.15) is 13.2 Å². The summed E-state index contributed by atoms with van der Waals surface area (Å²) >= 11 is 0. The Kier molecular flexibility index (Phi) is 3.85. The van der Waals surface area contributed by atoms with E-state index in [1.165, 1.54) is 13.2 Å². The van der Waals surface area contributed by atoms with Crippen LogP contribution in [0.25, 0.3) is 11.1 Å². The van der Waals surface area contributed by atoms with Gasteiger partial charge < -0.3 is 10.5 Å². The maximum Gasteiger partial charge on any atom is 0.416 e. The molecule has 2 aromatic rings. The van der Waals surface area contributed by atoms with Gasteiger partial charge in [0.1, 0.15) is 5.75 Å². The van der Waals surface area contributed by atoms with Crippen molar-refractivity contribution in [3.63, 3.8) is 0 Å². The molecule has 0 aliphatic carbocycles. The molecule has 112 valence electrons. The van der Waals surface area contributed by atoms with E-state index in [4.69, 9.17) is 10.5 Å². The van der Waals surface area contributed by atoms with Crippen molar-refractivity contribution in [3.05, 3.63) is 47.0 Å². The number of ether oxygens (including phenoxy) is 1. The SMILES string of the molecule is COc1cc(C)cc(C)c1-c1ccc(C(F)(F)F)cc1N. The molecule has 2 nitrogen and oxygen atoms in total. The van der Waals surface area contributed by atoms with Crippen LogP contribution in [0.15, 0.2) is 30.3 Å². The largest absolute Gasteiger partial charge is 0.496 e. The summed E-state index contributed by atoms with van der Waals surface area (Å²) in [6.07, 6.45) is -4.40. The van der Waals surface area contributed by atoms with Crippen molar-refractivity contribution in [1.82, 2.24) is 0 Å². The second-order valence-corrected chi connectivity index (χ2v) is 4.96. The van der Waals surface area contributed by atoms with E-state index in [9.17, 15) is 13.2 Å². The summed E-state index contributed by atoms with van der Waals surface area (Å²) in [6.45, 7) is 3.80. The number of hydrogen-bond donors (Lipinski definition) is 1. The van der Waals surface area contributed by atoms with Gasteiger partial charge in [-0.1, -0.05) is 12.1 Å². The molecule has 0 heterocycles. The van der Waals surface area contributed by atoms with Crippen LogP contribution in [0.3, 0.4) is 0 Å². The number of methoxy groups -OCH3 is 1. The van der Waals surface area contributed by atoms with E-state index < -0.39 is 11.7 Å². The number of halogens is 3. The van der Waals surface area contributed by atoms with Crippen LogP contribution in [-0.2, 0) is 6.18 Å². The van der Waals surface area contributed by atoms with Gasteiger partial charge in [0.25, 0.3) is 0 Å². The quantitative estimate of drug-likeness (QED) is 0.823. The Bertz CT molecular complexity index is 678. The lowest BCUT2D eigenvalue weighted by atomic mass is 9.95. The molecule has 2 aromatic carbocycles. The molecule has 0 saturated heterocycles. The Morgan fingerprint density at radius 1 is 1.05 bits per heavy atom. The highest BCUT2D eigenvalue weighted by molar-refractivity contribution is 5.83. The summed E-state index contributed by atoms with van der Waals surface area (Å²) in [7, 11) is 1.53. The maximum atomic E-state index is 12.7. The van der Waals surface area contributed by atoms with E-state index in [2.05, 4.69) is 0 Å². The van der Waals surface area contributed by atoms with Crippen molar-refractivity contribution in [1.29, 1.82) is 0 Å². The van der Waals surface area contributed by atoms with E-state index in [-0.39, 0.29) is 5.69 Å². The molecule has 0 saturated carbocycles. The highest BCUT2D eigenvalue weighted by Crippen LogP contribution is 2.40. The molecule has 0 amide bonds. The van der Waals surface area contributed by atoms with Crippen LogP contribution < -0.4 is 10.5 Å². The van der Waals surface area contributed by atoms with Gasteiger partial charge in [0.15, 0.2) is 0 Å². The van der Waals surface area contributed by atoms with Crippen molar-refractivity contribution < 1.29 is 17.9 Å². The fourth-order valence-corrected chi connectivity index (χ4v) is 2.40. The summed E-state index contributed by atoms with van der Waals surface area (Å²) in [5, 5.41) is 0. The lowest BCUT2D eigenvalue weighted by Gasteiger charge is -2.16. The molecule has 2 N–H and O–H groups in total. The third kappa shape index (κ3) is 2.96. The molecular weight excluding hydrogens is 279 g/mol. The summed E-state index contributed by atoms with van der Waals surface area (Å²) in [5.74, 6) is 0.596. The Balaban J connectivity index is 2.63. The van der Waals surface area contributed by atoms with Gasteiger partial charge in [-0.15, -0.1) is 0 Å². The smallest absolute Gasteiger partial charge is 0.416 e. The number of rotatable bonds is 2. The third-order valence-electron chi connectivity index (χ3n) is 3.31. The molecule has 0 aliphatic rings. The molecule has 5 heteroatoms. The van der Waals surface area contributed by atoms with Crippen molar-refractivity contribution in [2.45, 2.75) is 20.0 Å². The predicted molar refractivity (Wildman–Crippen MR) is 77.3 cm³/mol. The molecule has 0 atom stereocenters. The average Bonchev–Trinajstić information content (AvgIpc) is 2.37. The normalized spacial score (nSPS) is 11.5. The molecule has 0 spiro atoms. The van der Waals surface area contributed by atoms with Crippen LogP contribution in [0.4, 0.5) is 18.9 Å².